The number of halogens is 1. The molecule has 2 N–H and O–H groups in total. The van der Waals surface area contributed by atoms with Crippen LogP contribution in [0.15, 0.2) is 16.9 Å². The fraction of sp³-hybridized carbons (Fsp3) is 0.300. The van der Waals surface area contributed by atoms with Crippen LogP contribution in [0.2, 0.25) is 0 Å². The van der Waals surface area contributed by atoms with Crippen LogP contribution < -0.4 is 15.0 Å². The van der Waals surface area contributed by atoms with Crippen LogP contribution in [-0.2, 0) is 12.8 Å². The standard InChI is InChI=1S/C20H19ClN2O4S/c1-26-13-8-10(9-14(27-2)17(13)24)7-12(21)18-22-19(25)16-11-5-3-4-6-15(11)28-20(16)23-18/h7-9,24H,3-6H2,1-2H3,(H,22,23,25)/b12-7-. The van der Waals surface area contributed by atoms with E-state index in [4.69, 9.17) is 21.1 Å². The molecular formula is C20H19ClN2O4S. The third-order valence-electron chi connectivity index (χ3n) is 4.85. The van der Waals surface area contributed by atoms with Crippen molar-refractivity contribution in [3.05, 3.63) is 44.3 Å². The summed E-state index contributed by atoms with van der Waals surface area (Å²) in [5.74, 6) is 0.745. The predicted molar refractivity (Wildman–Crippen MR) is 112 cm³/mol. The molecular weight excluding hydrogens is 400 g/mol. The molecule has 0 radical (unpaired) electrons. The number of ether oxygens (including phenoxy) is 2. The molecule has 0 atom stereocenters. The van der Waals surface area contributed by atoms with E-state index in [1.807, 2.05) is 0 Å². The lowest BCUT2D eigenvalue weighted by atomic mass is 9.97. The fourth-order valence-electron chi connectivity index (χ4n) is 3.49. The smallest absolute Gasteiger partial charge is 0.260 e. The summed E-state index contributed by atoms with van der Waals surface area (Å²) in [5.41, 5.74) is 1.62. The van der Waals surface area contributed by atoms with Crippen LogP contribution in [-0.4, -0.2) is 29.3 Å². The maximum atomic E-state index is 12.7. The lowest BCUT2D eigenvalue weighted by Gasteiger charge is -2.10. The summed E-state index contributed by atoms with van der Waals surface area (Å²) < 4.78 is 10.3. The second-order valence-electron chi connectivity index (χ2n) is 6.57. The largest absolute Gasteiger partial charge is 0.502 e. The Labute approximate surface area is 170 Å². The number of aromatic amines is 1. The first-order valence-corrected chi connectivity index (χ1v) is 10.1. The number of nitrogens with zero attached hydrogens (tertiary/aromatic N) is 1. The molecule has 6 nitrogen and oxygen atoms in total. The van der Waals surface area contributed by atoms with Crippen molar-refractivity contribution < 1.29 is 14.6 Å². The molecule has 0 spiro atoms. The Morgan fingerprint density at radius 3 is 2.61 bits per heavy atom. The van der Waals surface area contributed by atoms with Crippen LogP contribution in [0.5, 0.6) is 17.2 Å². The van der Waals surface area contributed by atoms with Crippen molar-refractivity contribution in [2.24, 2.45) is 0 Å². The Hall–Kier alpha value is -2.51. The molecule has 0 aliphatic heterocycles. The second kappa shape index (κ2) is 7.48. The summed E-state index contributed by atoms with van der Waals surface area (Å²) in [7, 11) is 2.91. The van der Waals surface area contributed by atoms with Gasteiger partial charge in [-0.3, -0.25) is 4.79 Å². The van der Waals surface area contributed by atoms with Gasteiger partial charge in [0.05, 0.1) is 24.6 Å². The number of benzene rings is 1. The van der Waals surface area contributed by atoms with Crippen molar-refractivity contribution in [2.45, 2.75) is 25.7 Å². The van der Waals surface area contributed by atoms with E-state index >= 15 is 0 Å². The Morgan fingerprint density at radius 2 is 1.93 bits per heavy atom. The van der Waals surface area contributed by atoms with Gasteiger partial charge in [0.1, 0.15) is 4.83 Å². The van der Waals surface area contributed by atoms with Gasteiger partial charge in [-0.25, -0.2) is 4.98 Å². The third-order valence-corrected chi connectivity index (χ3v) is 6.32. The lowest BCUT2D eigenvalue weighted by Crippen LogP contribution is -2.12. The quantitative estimate of drug-likeness (QED) is 0.659. The third kappa shape index (κ3) is 3.25. The first kappa shape index (κ1) is 18.8. The molecule has 0 unspecified atom stereocenters. The van der Waals surface area contributed by atoms with Gasteiger partial charge in [-0.2, -0.15) is 0 Å². The number of fused-ring (bicyclic) bond motifs is 3. The molecule has 1 aromatic carbocycles. The van der Waals surface area contributed by atoms with Crippen LogP contribution in [0.3, 0.4) is 0 Å². The van der Waals surface area contributed by atoms with Gasteiger partial charge in [0.25, 0.3) is 5.56 Å². The Kier molecular flexibility index (Phi) is 5.03. The molecule has 1 aliphatic carbocycles. The molecule has 0 saturated carbocycles. The zero-order valence-electron chi connectivity index (χ0n) is 15.5. The van der Waals surface area contributed by atoms with Gasteiger partial charge < -0.3 is 19.6 Å². The first-order chi connectivity index (χ1) is 13.5. The number of methoxy groups -OCH3 is 2. The van der Waals surface area contributed by atoms with E-state index in [-0.39, 0.29) is 27.8 Å². The summed E-state index contributed by atoms with van der Waals surface area (Å²) in [6.45, 7) is 0. The minimum atomic E-state index is -0.160. The number of aromatic nitrogens is 2. The van der Waals surface area contributed by atoms with E-state index in [2.05, 4.69) is 9.97 Å². The van der Waals surface area contributed by atoms with Gasteiger partial charge in [0, 0.05) is 4.88 Å². The minimum absolute atomic E-state index is 0.0876. The van der Waals surface area contributed by atoms with Crippen molar-refractivity contribution in [3.8, 4) is 17.2 Å². The van der Waals surface area contributed by atoms with Crippen LogP contribution in [0, 0.1) is 0 Å². The van der Waals surface area contributed by atoms with E-state index in [1.54, 1.807) is 29.5 Å². The van der Waals surface area contributed by atoms with Gasteiger partial charge in [0.2, 0.25) is 5.75 Å². The molecule has 0 bridgehead atoms. The maximum Gasteiger partial charge on any atom is 0.260 e. The molecule has 0 fully saturated rings. The van der Waals surface area contributed by atoms with E-state index in [9.17, 15) is 9.90 Å². The molecule has 146 valence electrons. The topological polar surface area (TPSA) is 84.4 Å². The predicted octanol–water partition coefficient (Wildman–Crippen LogP) is 4.32. The normalized spacial score (nSPS) is 14.2. The Balaban J connectivity index is 1.79. The minimum Gasteiger partial charge on any atom is -0.502 e. The average molecular weight is 419 g/mol. The van der Waals surface area contributed by atoms with Crippen molar-refractivity contribution in [1.29, 1.82) is 0 Å². The summed E-state index contributed by atoms with van der Waals surface area (Å²) >= 11 is 8.04. The zero-order valence-corrected chi connectivity index (χ0v) is 17.0. The van der Waals surface area contributed by atoms with E-state index < -0.39 is 0 Å². The molecule has 1 aliphatic rings. The van der Waals surface area contributed by atoms with Crippen molar-refractivity contribution >= 4 is 44.3 Å². The number of H-pyrrole nitrogens is 1. The average Bonchev–Trinajstić information content (AvgIpc) is 3.08. The monoisotopic (exact) mass is 418 g/mol. The highest BCUT2D eigenvalue weighted by Crippen LogP contribution is 2.38. The van der Waals surface area contributed by atoms with Crippen LogP contribution >= 0.6 is 22.9 Å². The number of thiophene rings is 1. The molecule has 4 rings (SSSR count). The molecule has 0 saturated heterocycles. The highest BCUT2D eigenvalue weighted by atomic mass is 35.5. The van der Waals surface area contributed by atoms with Crippen molar-refractivity contribution in [3.63, 3.8) is 0 Å². The van der Waals surface area contributed by atoms with E-state index in [0.717, 1.165) is 36.1 Å². The molecule has 2 aromatic heterocycles. The molecule has 8 heteroatoms. The number of hydrogen-bond donors (Lipinski definition) is 2. The summed E-state index contributed by atoms with van der Waals surface area (Å²) in [4.78, 5) is 22.1. The van der Waals surface area contributed by atoms with E-state index in [1.165, 1.54) is 19.1 Å². The van der Waals surface area contributed by atoms with E-state index in [0.29, 0.717) is 16.8 Å². The highest BCUT2D eigenvalue weighted by molar-refractivity contribution is 7.18. The summed E-state index contributed by atoms with van der Waals surface area (Å²) in [5, 5.41) is 11.0. The van der Waals surface area contributed by atoms with Crippen LogP contribution in [0.4, 0.5) is 0 Å². The van der Waals surface area contributed by atoms with Gasteiger partial charge in [-0.15, -0.1) is 11.3 Å². The van der Waals surface area contributed by atoms with Gasteiger partial charge in [-0.1, -0.05) is 11.6 Å². The molecule has 3 aromatic rings. The molecule has 0 amide bonds. The lowest BCUT2D eigenvalue weighted by molar-refractivity contribution is 0.340. The van der Waals surface area contributed by atoms with Gasteiger partial charge in [0.15, 0.2) is 17.3 Å². The van der Waals surface area contributed by atoms with Gasteiger partial charge >= 0.3 is 0 Å². The van der Waals surface area contributed by atoms with Gasteiger partial charge in [-0.05, 0) is 55.0 Å². The van der Waals surface area contributed by atoms with Crippen molar-refractivity contribution in [2.75, 3.05) is 14.2 Å². The zero-order chi connectivity index (χ0) is 19.8. The summed E-state index contributed by atoms with van der Waals surface area (Å²) in [6, 6.07) is 3.25. The number of aryl methyl sites for hydroxylation is 2. The number of rotatable bonds is 4. The SMILES string of the molecule is COc1cc(/C=C(\Cl)c2nc3sc4c(c3c(=O)[nH]2)CCCC4)cc(OC)c1O. The number of phenolic OH excluding ortho intramolecular Hbond substituents is 1. The van der Waals surface area contributed by atoms with Crippen LogP contribution in [0.25, 0.3) is 21.3 Å². The highest BCUT2D eigenvalue weighted by Gasteiger charge is 2.20. The Bertz CT molecular complexity index is 1120. The van der Waals surface area contributed by atoms with Crippen LogP contribution in [0.1, 0.15) is 34.7 Å². The Morgan fingerprint density at radius 1 is 1.25 bits per heavy atom. The second-order valence-corrected chi connectivity index (χ2v) is 8.06. The fourth-order valence-corrected chi connectivity index (χ4v) is 4.97. The number of phenols is 1. The van der Waals surface area contributed by atoms with Crippen molar-refractivity contribution in [1.82, 2.24) is 9.97 Å². The summed E-state index contributed by atoms with van der Waals surface area (Å²) in [6.07, 6.45) is 5.82. The number of hydrogen-bond acceptors (Lipinski definition) is 6. The number of aromatic hydroxyl groups is 1. The first-order valence-electron chi connectivity index (χ1n) is 8.89. The maximum absolute atomic E-state index is 12.7. The molecule has 28 heavy (non-hydrogen) atoms. The number of nitrogens with one attached hydrogen (secondary N) is 1. The molecule has 2 heterocycles.